The molecule has 0 saturated carbocycles. The lowest BCUT2D eigenvalue weighted by Crippen LogP contribution is -2.35. The molecule has 1 N–H and O–H groups in total. The van der Waals surface area contributed by atoms with Crippen LogP contribution in [0.15, 0.2) is 11.8 Å². The summed E-state index contributed by atoms with van der Waals surface area (Å²) in [4.78, 5) is 11.3. The maximum absolute atomic E-state index is 11.3. The number of rotatable bonds is 3. The smallest absolute Gasteiger partial charge is 0.340 e. The summed E-state index contributed by atoms with van der Waals surface area (Å²) in [7, 11) is 0. The molecular formula is C9H13ClO4. The zero-order valence-electron chi connectivity index (χ0n) is 8.12. The Morgan fingerprint density at radius 2 is 2.29 bits per heavy atom. The van der Waals surface area contributed by atoms with Crippen LogP contribution in [0.5, 0.6) is 0 Å². The molecule has 1 unspecified atom stereocenters. The molecule has 0 aromatic carbocycles. The summed E-state index contributed by atoms with van der Waals surface area (Å²) < 4.78 is 10.1. The van der Waals surface area contributed by atoms with E-state index in [4.69, 9.17) is 21.1 Å². The van der Waals surface area contributed by atoms with Gasteiger partial charge in [0.1, 0.15) is 0 Å². The summed E-state index contributed by atoms with van der Waals surface area (Å²) in [5, 5.41) is 9.22. The molecule has 1 aliphatic heterocycles. The highest BCUT2D eigenvalue weighted by Crippen LogP contribution is 2.23. The van der Waals surface area contributed by atoms with Crippen molar-refractivity contribution in [3.05, 3.63) is 11.8 Å². The summed E-state index contributed by atoms with van der Waals surface area (Å²) >= 11 is 5.40. The Kier molecular flexibility index (Phi) is 3.39. The molecule has 1 atom stereocenters. The standard InChI is InChI=1S/C9H13ClO4/c1-9(2)13-5-6(8(12)14-9)3-7(11)4-10/h5,7,11H,3-4H2,1-2H3. The highest BCUT2D eigenvalue weighted by atomic mass is 35.5. The van der Waals surface area contributed by atoms with Gasteiger partial charge in [-0.05, 0) is 0 Å². The van der Waals surface area contributed by atoms with Crippen LogP contribution in [-0.2, 0) is 14.3 Å². The van der Waals surface area contributed by atoms with E-state index in [0.29, 0.717) is 5.57 Å². The van der Waals surface area contributed by atoms with Crippen molar-refractivity contribution < 1.29 is 19.4 Å². The third-order valence-electron chi connectivity index (χ3n) is 1.72. The van der Waals surface area contributed by atoms with Crippen molar-refractivity contribution in [2.45, 2.75) is 32.2 Å². The number of alkyl halides is 1. The van der Waals surface area contributed by atoms with Crippen LogP contribution in [0.25, 0.3) is 0 Å². The molecule has 0 spiro atoms. The van der Waals surface area contributed by atoms with Crippen LogP contribution in [0, 0.1) is 0 Å². The first-order valence-corrected chi connectivity index (χ1v) is 4.82. The molecule has 0 saturated heterocycles. The second-order valence-corrected chi connectivity index (χ2v) is 3.87. The number of halogens is 1. The molecule has 80 valence electrons. The van der Waals surface area contributed by atoms with E-state index in [2.05, 4.69) is 0 Å². The van der Waals surface area contributed by atoms with E-state index in [0.717, 1.165) is 0 Å². The minimum Gasteiger partial charge on any atom is -0.460 e. The number of esters is 1. The maximum Gasteiger partial charge on any atom is 0.340 e. The Morgan fingerprint density at radius 3 is 2.79 bits per heavy atom. The fourth-order valence-corrected chi connectivity index (χ4v) is 1.12. The zero-order chi connectivity index (χ0) is 10.8. The number of hydrogen-bond acceptors (Lipinski definition) is 4. The second-order valence-electron chi connectivity index (χ2n) is 3.56. The van der Waals surface area contributed by atoms with Gasteiger partial charge < -0.3 is 14.6 Å². The lowest BCUT2D eigenvalue weighted by Gasteiger charge is -2.29. The van der Waals surface area contributed by atoms with Crippen molar-refractivity contribution in [2.24, 2.45) is 0 Å². The van der Waals surface area contributed by atoms with Crippen LogP contribution in [0.1, 0.15) is 20.3 Å². The van der Waals surface area contributed by atoms with Gasteiger partial charge in [0.2, 0.25) is 5.79 Å². The van der Waals surface area contributed by atoms with Crippen LogP contribution in [0.2, 0.25) is 0 Å². The van der Waals surface area contributed by atoms with Gasteiger partial charge in [-0.2, -0.15) is 0 Å². The van der Waals surface area contributed by atoms with Gasteiger partial charge in [-0.1, -0.05) is 0 Å². The number of carbonyl (C=O) groups excluding carboxylic acids is 1. The quantitative estimate of drug-likeness (QED) is 0.573. The topological polar surface area (TPSA) is 55.8 Å². The molecular weight excluding hydrogens is 208 g/mol. The molecule has 0 aromatic rings. The molecule has 14 heavy (non-hydrogen) atoms. The zero-order valence-corrected chi connectivity index (χ0v) is 8.87. The minimum atomic E-state index is -0.924. The molecule has 1 heterocycles. The molecule has 4 nitrogen and oxygen atoms in total. The largest absolute Gasteiger partial charge is 0.460 e. The number of aliphatic hydroxyl groups is 1. The Balaban J connectivity index is 2.63. The summed E-state index contributed by atoms with van der Waals surface area (Å²) in [6.07, 6.45) is 0.722. The van der Waals surface area contributed by atoms with E-state index in [1.165, 1.54) is 6.26 Å². The van der Waals surface area contributed by atoms with Crippen LogP contribution < -0.4 is 0 Å². The highest BCUT2D eigenvalue weighted by Gasteiger charge is 2.31. The Morgan fingerprint density at radius 1 is 1.64 bits per heavy atom. The van der Waals surface area contributed by atoms with Crippen LogP contribution in [0.4, 0.5) is 0 Å². The van der Waals surface area contributed by atoms with Gasteiger partial charge in [-0.15, -0.1) is 11.6 Å². The lowest BCUT2D eigenvalue weighted by molar-refractivity contribution is -0.202. The number of cyclic esters (lactones) is 1. The Bertz CT molecular complexity index is 260. The lowest BCUT2D eigenvalue weighted by atomic mass is 10.1. The number of carbonyl (C=O) groups is 1. The highest BCUT2D eigenvalue weighted by molar-refractivity contribution is 6.18. The molecule has 0 bridgehead atoms. The van der Waals surface area contributed by atoms with Gasteiger partial charge in [0, 0.05) is 26.1 Å². The minimum absolute atomic E-state index is 0.0774. The van der Waals surface area contributed by atoms with Crippen molar-refractivity contribution in [1.82, 2.24) is 0 Å². The fourth-order valence-electron chi connectivity index (χ4n) is 1.01. The van der Waals surface area contributed by atoms with E-state index in [1.54, 1.807) is 13.8 Å². The third kappa shape index (κ3) is 2.89. The van der Waals surface area contributed by atoms with E-state index in [-0.39, 0.29) is 12.3 Å². The van der Waals surface area contributed by atoms with E-state index in [9.17, 15) is 9.90 Å². The fraction of sp³-hybridized carbons (Fsp3) is 0.667. The molecule has 1 aliphatic rings. The molecule has 0 radical (unpaired) electrons. The molecule has 1 rings (SSSR count). The first-order chi connectivity index (χ1) is 6.44. The van der Waals surface area contributed by atoms with E-state index < -0.39 is 17.9 Å². The molecule has 0 aliphatic carbocycles. The molecule has 0 amide bonds. The van der Waals surface area contributed by atoms with Crippen molar-refractivity contribution in [2.75, 3.05) is 5.88 Å². The van der Waals surface area contributed by atoms with Crippen LogP contribution in [-0.4, -0.2) is 28.8 Å². The monoisotopic (exact) mass is 220 g/mol. The predicted molar refractivity (Wildman–Crippen MR) is 50.7 cm³/mol. The summed E-state index contributed by atoms with van der Waals surface area (Å²) in [5.74, 6) is -1.31. The number of ether oxygens (including phenoxy) is 2. The Labute approximate surface area is 87.4 Å². The van der Waals surface area contributed by atoms with Gasteiger partial charge in [0.25, 0.3) is 0 Å². The molecule has 0 fully saturated rings. The third-order valence-corrected chi connectivity index (χ3v) is 2.08. The predicted octanol–water partition coefficient (Wildman–Crippen LogP) is 1.17. The average molecular weight is 221 g/mol. The average Bonchev–Trinajstić information content (AvgIpc) is 2.09. The van der Waals surface area contributed by atoms with Gasteiger partial charge in [0.05, 0.1) is 17.9 Å². The second kappa shape index (κ2) is 4.19. The number of aliphatic hydroxyl groups excluding tert-OH is 1. The first-order valence-electron chi connectivity index (χ1n) is 4.29. The van der Waals surface area contributed by atoms with Gasteiger partial charge in [0.15, 0.2) is 0 Å². The van der Waals surface area contributed by atoms with Crippen LogP contribution in [0.3, 0.4) is 0 Å². The Hall–Kier alpha value is -0.740. The van der Waals surface area contributed by atoms with Crippen LogP contribution >= 0.6 is 11.6 Å². The van der Waals surface area contributed by atoms with Gasteiger partial charge >= 0.3 is 5.97 Å². The first kappa shape index (κ1) is 11.3. The maximum atomic E-state index is 11.3. The van der Waals surface area contributed by atoms with Crippen molar-refractivity contribution in [1.29, 1.82) is 0 Å². The van der Waals surface area contributed by atoms with Gasteiger partial charge in [-0.3, -0.25) is 0 Å². The summed E-state index contributed by atoms with van der Waals surface area (Å²) in [6.45, 7) is 3.27. The normalized spacial score (nSPS) is 22.0. The summed E-state index contributed by atoms with van der Waals surface area (Å²) in [5.41, 5.74) is 0.303. The summed E-state index contributed by atoms with van der Waals surface area (Å²) in [6, 6.07) is 0. The molecule has 0 aromatic heterocycles. The van der Waals surface area contributed by atoms with Crippen molar-refractivity contribution >= 4 is 17.6 Å². The van der Waals surface area contributed by atoms with Crippen molar-refractivity contribution in [3.8, 4) is 0 Å². The SMILES string of the molecule is CC1(C)OC=C(CC(O)CCl)C(=O)O1. The molecule has 5 heteroatoms. The number of hydrogen-bond donors (Lipinski definition) is 1. The van der Waals surface area contributed by atoms with E-state index >= 15 is 0 Å². The van der Waals surface area contributed by atoms with Crippen molar-refractivity contribution in [3.63, 3.8) is 0 Å². The van der Waals surface area contributed by atoms with Gasteiger partial charge in [-0.25, -0.2) is 4.79 Å². The van der Waals surface area contributed by atoms with E-state index in [1.807, 2.05) is 0 Å².